The van der Waals surface area contributed by atoms with Crippen molar-refractivity contribution in [1.29, 1.82) is 0 Å². The average molecular weight is 396 g/mol. The van der Waals surface area contributed by atoms with Gasteiger partial charge < -0.3 is 15.4 Å². The Morgan fingerprint density at radius 1 is 1.14 bits per heavy atom. The number of alkyl halides is 1. The van der Waals surface area contributed by atoms with Crippen LogP contribution in [0.1, 0.15) is 46.0 Å². The quantitative estimate of drug-likeness (QED) is 0.461. The van der Waals surface area contributed by atoms with E-state index in [1.807, 2.05) is 7.05 Å². The lowest BCUT2D eigenvalue weighted by molar-refractivity contribution is -0.0262. The first-order chi connectivity index (χ1) is 13.5. The monoisotopic (exact) mass is 395 g/mol. The van der Waals surface area contributed by atoms with Crippen molar-refractivity contribution < 1.29 is 9.13 Å². The number of fused-ring (bicyclic) bond motifs is 1. The molecule has 28 heavy (non-hydrogen) atoms. The van der Waals surface area contributed by atoms with Gasteiger partial charge in [-0.3, -0.25) is 16.0 Å². The summed E-state index contributed by atoms with van der Waals surface area (Å²) in [7, 11) is 1.97. The van der Waals surface area contributed by atoms with Crippen LogP contribution in [0, 0.1) is 11.8 Å². The van der Waals surface area contributed by atoms with Gasteiger partial charge in [0.15, 0.2) is 0 Å². The second kappa shape index (κ2) is 9.06. The molecule has 9 atom stereocenters. The Balaban J connectivity index is 1.48. The third-order valence-electron chi connectivity index (χ3n) is 7.16. The maximum atomic E-state index is 15.9. The molecule has 1 aliphatic carbocycles. The van der Waals surface area contributed by atoms with Gasteiger partial charge in [0.1, 0.15) is 12.5 Å². The minimum absolute atomic E-state index is 0.0453. The third-order valence-corrected chi connectivity index (χ3v) is 7.16. The predicted octanol–water partition coefficient (Wildman–Crippen LogP) is 1.21. The summed E-state index contributed by atoms with van der Waals surface area (Å²) in [6.45, 7) is 6.00. The van der Waals surface area contributed by atoms with Crippen LogP contribution in [0.5, 0.6) is 0 Å². The summed E-state index contributed by atoms with van der Waals surface area (Å²) in [6, 6.07) is 0.712. The van der Waals surface area contributed by atoms with E-state index in [2.05, 4.69) is 46.5 Å². The van der Waals surface area contributed by atoms with E-state index in [4.69, 9.17) is 4.74 Å². The van der Waals surface area contributed by atoms with Gasteiger partial charge in [-0.1, -0.05) is 11.6 Å². The standard InChI is InChI=1S/C21H38FN5O/c1-12-4-5-14(6-8-24-12)18-19(22)16(11-15-7-9-28-20(15)18)26-21-25-13(2)10-17(23-3)27-21/h6,12-13,15-21,23-27H,4-5,7-11H2,1-3H3/t12-,13?,15?,16?,17?,18?,19?,20?,21?/m0/s1. The van der Waals surface area contributed by atoms with E-state index in [1.54, 1.807) is 0 Å². The first-order valence-electron chi connectivity index (χ1n) is 11.2. The molecule has 6 nitrogen and oxygen atoms in total. The fourth-order valence-corrected chi connectivity index (χ4v) is 5.58. The van der Waals surface area contributed by atoms with Gasteiger partial charge in [0.2, 0.25) is 0 Å². The van der Waals surface area contributed by atoms with Crippen LogP contribution >= 0.6 is 0 Å². The van der Waals surface area contributed by atoms with E-state index in [0.29, 0.717) is 18.0 Å². The summed E-state index contributed by atoms with van der Waals surface area (Å²) in [6.07, 6.45) is 6.47. The van der Waals surface area contributed by atoms with Gasteiger partial charge in [0.05, 0.1) is 12.3 Å². The lowest BCUT2D eigenvalue weighted by Crippen LogP contribution is -2.69. The second-order valence-corrected chi connectivity index (χ2v) is 9.23. The molecule has 0 aromatic heterocycles. The van der Waals surface area contributed by atoms with Crippen molar-refractivity contribution in [2.45, 2.75) is 88.8 Å². The molecule has 3 fully saturated rings. The van der Waals surface area contributed by atoms with Gasteiger partial charge >= 0.3 is 0 Å². The van der Waals surface area contributed by atoms with Crippen molar-refractivity contribution in [3.05, 3.63) is 11.6 Å². The summed E-state index contributed by atoms with van der Waals surface area (Å²) in [4.78, 5) is 0. The molecule has 0 aromatic rings. The van der Waals surface area contributed by atoms with Crippen molar-refractivity contribution in [3.63, 3.8) is 0 Å². The van der Waals surface area contributed by atoms with Gasteiger partial charge in [-0.05, 0) is 58.9 Å². The first kappa shape index (κ1) is 20.7. The maximum absolute atomic E-state index is 15.9. The molecule has 0 spiro atoms. The van der Waals surface area contributed by atoms with Crippen LogP contribution in [-0.4, -0.2) is 63.1 Å². The number of hydrogen-bond acceptors (Lipinski definition) is 6. The molecule has 3 aliphatic heterocycles. The largest absolute Gasteiger partial charge is 0.377 e. The Hall–Kier alpha value is -0.570. The lowest BCUT2D eigenvalue weighted by atomic mass is 9.70. The molecule has 0 aromatic carbocycles. The highest BCUT2D eigenvalue weighted by Gasteiger charge is 2.49. The number of rotatable bonds is 4. The molecule has 3 heterocycles. The van der Waals surface area contributed by atoms with E-state index in [1.165, 1.54) is 5.57 Å². The summed E-state index contributed by atoms with van der Waals surface area (Å²) < 4.78 is 22.0. The van der Waals surface area contributed by atoms with Crippen molar-refractivity contribution in [2.75, 3.05) is 20.2 Å². The first-order valence-corrected chi connectivity index (χ1v) is 11.2. The van der Waals surface area contributed by atoms with E-state index in [-0.39, 0.29) is 30.5 Å². The summed E-state index contributed by atoms with van der Waals surface area (Å²) in [5.74, 6) is 0.331. The van der Waals surface area contributed by atoms with Crippen molar-refractivity contribution in [3.8, 4) is 0 Å². The van der Waals surface area contributed by atoms with Gasteiger partial charge in [0, 0.05) is 37.2 Å². The van der Waals surface area contributed by atoms with Gasteiger partial charge in [-0.2, -0.15) is 0 Å². The van der Waals surface area contributed by atoms with Gasteiger partial charge in [-0.15, -0.1) is 0 Å². The van der Waals surface area contributed by atoms with E-state index >= 15 is 4.39 Å². The second-order valence-electron chi connectivity index (χ2n) is 9.23. The average Bonchev–Trinajstić information content (AvgIpc) is 3.02. The van der Waals surface area contributed by atoms with Crippen LogP contribution in [0.15, 0.2) is 11.6 Å². The molecule has 4 rings (SSSR count). The summed E-state index contributed by atoms with van der Waals surface area (Å²) >= 11 is 0. The molecular weight excluding hydrogens is 357 g/mol. The fourth-order valence-electron chi connectivity index (χ4n) is 5.58. The topological polar surface area (TPSA) is 69.4 Å². The van der Waals surface area contributed by atoms with Crippen LogP contribution in [0.3, 0.4) is 0 Å². The van der Waals surface area contributed by atoms with E-state index in [0.717, 1.165) is 45.3 Å². The highest BCUT2D eigenvalue weighted by Crippen LogP contribution is 2.44. The minimum atomic E-state index is -0.923. The Bertz CT molecular complexity index is 561. The normalized spacial score (nSPS) is 47.3. The maximum Gasteiger partial charge on any atom is 0.124 e. The Labute approximate surface area is 168 Å². The van der Waals surface area contributed by atoms with Crippen LogP contribution in [-0.2, 0) is 4.74 Å². The lowest BCUT2D eigenvalue weighted by Gasteiger charge is -2.45. The molecule has 8 unspecified atom stereocenters. The molecule has 7 heteroatoms. The predicted molar refractivity (Wildman–Crippen MR) is 110 cm³/mol. The molecule has 0 amide bonds. The molecule has 0 radical (unpaired) electrons. The van der Waals surface area contributed by atoms with Crippen molar-refractivity contribution in [2.24, 2.45) is 11.8 Å². The van der Waals surface area contributed by atoms with Crippen LogP contribution in [0.4, 0.5) is 4.39 Å². The molecule has 160 valence electrons. The smallest absolute Gasteiger partial charge is 0.124 e. The number of ether oxygens (including phenoxy) is 1. The van der Waals surface area contributed by atoms with Gasteiger partial charge in [0.25, 0.3) is 0 Å². The van der Waals surface area contributed by atoms with Crippen LogP contribution in [0.2, 0.25) is 0 Å². The number of nitrogens with one attached hydrogen (secondary N) is 5. The zero-order valence-electron chi connectivity index (χ0n) is 17.5. The van der Waals surface area contributed by atoms with E-state index < -0.39 is 6.17 Å². The van der Waals surface area contributed by atoms with Crippen molar-refractivity contribution in [1.82, 2.24) is 26.6 Å². The molecule has 2 saturated heterocycles. The SMILES string of the molecule is CNC1CC(C)NC(NC2CC3CCOC3C(C3=CCN[C@@H](C)CC3)C2F)N1. The summed E-state index contributed by atoms with van der Waals surface area (Å²) in [5.41, 5.74) is 1.26. The van der Waals surface area contributed by atoms with Crippen LogP contribution < -0.4 is 26.6 Å². The minimum Gasteiger partial charge on any atom is -0.377 e. The highest BCUT2D eigenvalue weighted by molar-refractivity contribution is 5.18. The Kier molecular flexibility index (Phi) is 6.70. The molecule has 1 saturated carbocycles. The Morgan fingerprint density at radius 2 is 2.00 bits per heavy atom. The Morgan fingerprint density at radius 3 is 2.82 bits per heavy atom. The fraction of sp³-hybridized carbons (Fsp3) is 0.905. The highest BCUT2D eigenvalue weighted by atomic mass is 19.1. The summed E-state index contributed by atoms with van der Waals surface area (Å²) in [5, 5.41) is 17.4. The zero-order chi connectivity index (χ0) is 19.7. The van der Waals surface area contributed by atoms with Crippen molar-refractivity contribution >= 4 is 0 Å². The number of halogens is 1. The van der Waals surface area contributed by atoms with Gasteiger partial charge in [-0.25, -0.2) is 4.39 Å². The molecule has 0 bridgehead atoms. The third kappa shape index (κ3) is 4.45. The molecule has 4 aliphatic rings. The molecular formula is C21H38FN5O. The van der Waals surface area contributed by atoms with E-state index in [9.17, 15) is 0 Å². The molecule has 5 N–H and O–H groups in total. The van der Waals surface area contributed by atoms with Crippen LogP contribution in [0.25, 0.3) is 0 Å². The zero-order valence-corrected chi connectivity index (χ0v) is 17.5. The number of hydrogen-bond donors (Lipinski definition) is 5.